The molecule has 0 aromatic heterocycles. The molecule has 1 nitrogen and oxygen atoms in total. The van der Waals surface area contributed by atoms with Gasteiger partial charge in [0.1, 0.15) is 0 Å². The Kier molecular flexibility index (Phi) is 7.33. The van der Waals surface area contributed by atoms with Gasteiger partial charge >= 0.3 is 0 Å². The van der Waals surface area contributed by atoms with Crippen molar-refractivity contribution in [1.29, 1.82) is 0 Å². The molecule has 0 fully saturated rings. The van der Waals surface area contributed by atoms with Gasteiger partial charge in [0.05, 0.1) is 5.41 Å². The van der Waals surface area contributed by atoms with Crippen molar-refractivity contribution in [3.05, 3.63) is 234 Å². The lowest BCUT2D eigenvalue weighted by Crippen LogP contribution is -2.28. The average Bonchev–Trinajstić information content (AvgIpc) is 3.52. The van der Waals surface area contributed by atoms with Crippen LogP contribution >= 0.6 is 0 Å². The second-order valence-electron chi connectivity index (χ2n) is 14.2. The zero-order chi connectivity index (χ0) is 35.4. The Labute approximate surface area is 311 Å². The molecule has 0 N–H and O–H groups in total. The summed E-state index contributed by atoms with van der Waals surface area (Å²) in [6.45, 7) is 2.15. The zero-order valence-electron chi connectivity index (χ0n) is 29.6. The molecule has 0 aliphatic heterocycles. The van der Waals surface area contributed by atoms with E-state index in [1.165, 1.54) is 71.6 Å². The van der Waals surface area contributed by atoms with Crippen LogP contribution in [0, 0.1) is 6.92 Å². The first-order valence-corrected chi connectivity index (χ1v) is 18.4. The van der Waals surface area contributed by atoms with Gasteiger partial charge in [0.15, 0.2) is 0 Å². The van der Waals surface area contributed by atoms with E-state index >= 15 is 0 Å². The van der Waals surface area contributed by atoms with Crippen molar-refractivity contribution >= 4 is 38.6 Å². The van der Waals surface area contributed by atoms with Crippen LogP contribution in [0.2, 0.25) is 0 Å². The first kappa shape index (κ1) is 31.1. The normalized spacial score (nSPS) is 12.8. The summed E-state index contributed by atoms with van der Waals surface area (Å²) < 4.78 is 0. The summed E-state index contributed by atoms with van der Waals surface area (Å²) in [5.41, 5.74) is 14.4. The predicted octanol–water partition coefficient (Wildman–Crippen LogP) is 13.8. The SMILES string of the molecule is Cc1ccc(N(c2ccc3c(c2)-c2ccccc2C3(c2ccccc2)c2ccccc2)c2ccc3cc(-c4ccc5ccccc5c4)ccc3c2)cc1. The van der Waals surface area contributed by atoms with Gasteiger partial charge in [0.2, 0.25) is 0 Å². The number of fused-ring (bicyclic) bond motifs is 5. The number of rotatable bonds is 6. The molecular formula is C52H37N. The second-order valence-corrected chi connectivity index (χ2v) is 14.2. The molecule has 9 aromatic rings. The molecule has 0 radical (unpaired) electrons. The van der Waals surface area contributed by atoms with Crippen LogP contribution in [-0.4, -0.2) is 0 Å². The van der Waals surface area contributed by atoms with Gasteiger partial charge in [-0.15, -0.1) is 0 Å². The molecular weight excluding hydrogens is 639 g/mol. The maximum atomic E-state index is 2.41. The highest BCUT2D eigenvalue weighted by molar-refractivity contribution is 5.95. The number of nitrogens with zero attached hydrogens (tertiary/aromatic N) is 1. The van der Waals surface area contributed by atoms with Crippen LogP contribution < -0.4 is 4.90 Å². The van der Waals surface area contributed by atoms with Gasteiger partial charge in [-0.05, 0) is 122 Å². The summed E-state index contributed by atoms with van der Waals surface area (Å²) in [4.78, 5) is 2.41. The van der Waals surface area contributed by atoms with E-state index < -0.39 is 5.41 Å². The van der Waals surface area contributed by atoms with E-state index in [-0.39, 0.29) is 0 Å². The fourth-order valence-electron chi connectivity index (χ4n) is 8.64. The molecule has 0 atom stereocenters. The molecule has 1 aliphatic rings. The Bertz CT molecular complexity index is 2740. The molecule has 0 bridgehead atoms. The molecule has 0 saturated heterocycles. The first-order chi connectivity index (χ1) is 26.2. The molecule has 53 heavy (non-hydrogen) atoms. The number of benzene rings is 9. The zero-order valence-corrected chi connectivity index (χ0v) is 29.6. The van der Waals surface area contributed by atoms with Gasteiger partial charge in [-0.2, -0.15) is 0 Å². The number of anilines is 3. The number of hydrogen-bond donors (Lipinski definition) is 0. The number of hydrogen-bond acceptors (Lipinski definition) is 1. The van der Waals surface area contributed by atoms with Crippen LogP contribution in [0.15, 0.2) is 206 Å². The highest BCUT2D eigenvalue weighted by atomic mass is 15.1. The highest BCUT2D eigenvalue weighted by Crippen LogP contribution is 2.57. The van der Waals surface area contributed by atoms with Gasteiger partial charge < -0.3 is 4.90 Å². The smallest absolute Gasteiger partial charge is 0.0713 e. The Morgan fingerprint density at radius 3 is 1.55 bits per heavy atom. The molecule has 250 valence electrons. The van der Waals surface area contributed by atoms with E-state index in [1.54, 1.807) is 0 Å². The molecule has 1 aliphatic carbocycles. The van der Waals surface area contributed by atoms with Gasteiger partial charge in [-0.25, -0.2) is 0 Å². The van der Waals surface area contributed by atoms with E-state index in [9.17, 15) is 0 Å². The summed E-state index contributed by atoms with van der Waals surface area (Å²) >= 11 is 0. The topological polar surface area (TPSA) is 3.24 Å². The van der Waals surface area contributed by atoms with Crippen molar-refractivity contribution < 1.29 is 0 Å². The quantitative estimate of drug-likeness (QED) is 0.170. The van der Waals surface area contributed by atoms with Crippen LogP contribution in [0.5, 0.6) is 0 Å². The highest BCUT2D eigenvalue weighted by Gasteiger charge is 2.46. The largest absolute Gasteiger partial charge is 0.310 e. The lowest BCUT2D eigenvalue weighted by atomic mass is 9.68. The van der Waals surface area contributed by atoms with Gasteiger partial charge in [-0.3, -0.25) is 0 Å². The van der Waals surface area contributed by atoms with Crippen LogP contribution in [0.3, 0.4) is 0 Å². The van der Waals surface area contributed by atoms with E-state index in [4.69, 9.17) is 0 Å². The Balaban J connectivity index is 1.13. The number of aryl methyl sites for hydroxylation is 1. The molecule has 0 spiro atoms. The van der Waals surface area contributed by atoms with E-state index in [2.05, 4.69) is 218 Å². The third-order valence-electron chi connectivity index (χ3n) is 11.2. The fourth-order valence-corrected chi connectivity index (χ4v) is 8.64. The molecule has 10 rings (SSSR count). The molecule has 0 amide bonds. The minimum absolute atomic E-state index is 0.423. The third-order valence-corrected chi connectivity index (χ3v) is 11.2. The minimum atomic E-state index is -0.423. The van der Waals surface area contributed by atoms with Crippen molar-refractivity contribution in [2.45, 2.75) is 12.3 Å². The molecule has 1 heteroatoms. The van der Waals surface area contributed by atoms with Gasteiger partial charge in [-0.1, -0.05) is 163 Å². The Hall–Kier alpha value is -6.70. The first-order valence-electron chi connectivity index (χ1n) is 18.4. The second kappa shape index (κ2) is 12.5. The monoisotopic (exact) mass is 675 g/mol. The van der Waals surface area contributed by atoms with Crippen molar-refractivity contribution in [3.8, 4) is 22.3 Å². The summed E-state index contributed by atoms with van der Waals surface area (Å²) in [5, 5.41) is 4.96. The third kappa shape index (κ3) is 5.08. The standard InChI is InChI=1S/C52H37N/c1-36-20-27-45(28-21-36)53(46-29-26-41-33-40(24-25-42(41)34-46)39-23-22-37-12-8-9-13-38(37)32-39)47-30-31-51-49(35-47)48-18-10-11-19-50(48)52(51,43-14-4-2-5-15-43)44-16-6-3-7-17-44/h2-35H,1H3. The minimum Gasteiger partial charge on any atom is -0.310 e. The maximum Gasteiger partial charge on any atom is 0.0713 e. The van der Waals surface area contributed by atoms with Crippen molar-refractivity contribution in [2.75, 3.05) is 4.90 Å². The maximum absolute atomic E-state index is 2.41. The van der Waals surface area contributed by atoms with Crippen LogP contribution in [0.1, 0.15) is 27.8 Å². The van der Waals surface area contributed by atoms with Gasteiger partial charge in [0.25, 0.3) is 0 Å². The summed E-state index contributed by atoms with van der Waals surface area (Å²) in [5.74, 6) is 0. The molecule has 0 heterocycles. The van der Waals surface area contributed by atoms with Crippen LogP contribution in [-0.2, 0) is 5.41 Å². The average molecular weight is 676 g/mol. The van der Waals surface area contributed by atoms with E-state index in [0.29, 0.717) is 0 Å². The van der Waals surface area contributed by atoms with E-state index in [1.807, 2.05) is 0 Å². The van der Waals surface area contributed by atoms with Crippen molar-refractivity contribution in [3.63, 3.8) is 0 Å². The lowest BCUT2D eigenvalue weighted by molar-refractivity contribution is 0.768. The summed E-state index contributed by atoms with van der Waals surface area (Å²) in [6.07, 6.45) is 0. The van der Waals surface area contributed by atoms with Crippen molar-refractivity contribution in [1.82, 2.24) is 0 Å². The van der Waals surface area contributed by atoms with Crippen LogP contribution in [0.4, 0.5) is 17.1 Å². The molecule has 9 aromatic carbocycles. The van der Waals surface area contributed by atoms with Gasteiger partial charge in [0, 0.05) is 17.1 Å². The Morgan fingerprint density at radius 1 is 0.340 bits per heavy atom. The summed E-state index contributed by atoms with van der Waals surface area (Å²) in [7, 11) is 0. The predicted molar refractivity (Wildman–Crippen MR) is 224 cm³/mol. The van der Waals surface area contributed by atoms with Crippen LogP contribution in [0.25, 0.3) is 43.8 Å². The fraction of sp³-hybridized carbons (Fsp3) is 0.0385. The molecule has 0 saturated carbocycles. The van der Waals surface area contributed by atoms with E-state index in [0.717, 1.165) is 17.1 Å². The lowest BCUT2D eigenvalue weighted by Gasteiger charge is -2.34. The summed E-state index contributed by atoms with van der Waals surface area (Å²) in [6, 6.07) is 76.0. The Morgan fingerprint density at radius 2 is 0.830 bits per heavy atom. The molecule has 0 unspecified atom stereocenters. The van der Waals surface area contributed by atoms with Crippen molar-refractivity contribution in [2.24, 2.45) is 0 Å².